The number of carbonyl (C=O) groups excluding carboxylic acids is 2. The van der Waals surface area contributed by atoms with Crippen LogP contribution in [0.25, 0.3) is 0 Å². The first kappa shape index (κ1) is 15.5. The molecule has 1 aromatic carbocycles. The van der Waals surface area contributed by atoms with Gasteiger partial charge in [0.05, 0.1) is 17.0 Å². The second-order valence-corrected chi connectivity index (χ2v) is 6.16. The number of amides is 2. The van der Waals surface area contributed by atoms with Gasteiger partial charge in [-0.05, 0) is 35.4 Å². The van der Waals surface area contributed by atoms with Crippen molar-refractivity contribution in [2.75, 3.05) is 11.1 Å². The lowest BCUT2D eigenvalue weighted by Gasteiger charge is -2.10. The largest absolute Gasteiger partial charge is 0.349 e. The number of rotatable bonds is 6. The van der Waals surface area contributed by atoms with E-state index < -0.39 is 0 Å². The summed E-state index contributed by atoms with van der Waals surface area (Å²) >= 11 is 1.23. The van der Waals surface area contributed by atoms with Crippen molar-refractivity contribution in [2.45, 2.75) is 24.0 Å². The molecule has 3 rings (SSSR count). The molecule has 1 aromatic heterocycles. The van der Waals surface area contributed by atoms with Gasteiger partial charge in [0.25, 0.3) is 5.91 Å². The molecule has 1 aliphatic carbocycles. The number of thioether (sulfide) groups is 1. The highest BCUT2D eigenvalue weighted by Gasteiger charge is 2.25. The lowest BCUT2D eigenvalue weighted by molar-refractivity contribution is -0.113. The summed E-state index contributed by atoms with van der Waals surface area (Å²) in [6.07, 6.45) is 2.03. The van der Waals surface area contributed by atoms with E-state index in [4.69, 9.17) is 0 Å². The van der Waals surface area contributed by atoms with Crippen LogP contribution >= 0.6 is 11.8 Å². The van der Waals surface area contributed by atoms with Gasteiger partial charge in [-0.1, -0.05) is 23.9 Å². The number of aromatic nitrogens is 4. The molecular formula is C14H16N6O2S. The Balaban J connectivity index is 1.61. The molecule has 0 unspecified atom stereocenters. The number of carbonyl (C=O) groups is 2. The predicted molar refractivity (Wildman–Crippen MR) is 85.1 cm³/mol. The number of aryl methyl sites for hydroxylation is 1. The van der Waals surface area contributed by atoms with Gasteiger partial charge in [-0.3, -0.25) is 9.59 Å². The van der Waals surface area contributed by atoms with Gasteiger partial charge in [0.1, 0.15) is 0 Å². The quantitative estimate of drug-likeness (QED) is 0.760. The predicted octanol–water partition coefficient (Wildman–Crippen LogP) is 0.833. The third-order valence-corrected chi connectivity index (χ3v) is 4.28. The van der Waals surface area contributed by atoms with Crippen molar-refractivity contribution in [3.05, 3.63) is 29.8 Å². The fraction of sp³-hybridized carbons (Fsp3) is 0.357. The van der Waals surface area contributed by atoms with E-state index in [0.29, 0.717) is 16.4 Å². The molecule has 8 nitrogen and oxygen atoms in total. The van der Waals surface area contributed by atoms with Crippen LogP contribution in [0.1, 0.15) is 23.2 Å². The lowest BCUT2D eigenvalue weighted by atomic mass is 10.1. The second kappa shape index (κ2) is 6.78. The maximum absolute atomic E-state index is 12.2. The van der Waals surface area contributed by atoms with Crippen molar-refractivity contribution < 1.29 is 9.59 Å². The molecule has 2 aromatic rings. The highest BCUT2D eigenvalue weighted by Crippen LogP contribution is 2.22. The van der Waals surface area contributed by atoms with Crippen LogP contribution in [0.5, 0.6) is 0 Å². The summed E-state index contributed by atoms with van der Waals surface area (Å²) in [7, 11) is 1.71. The number of anilines is 1. The molecule has 9 heteroatoms. The van der Waals surface area contributed by atoms with Gasteiger partial charge in [-0.2, -0.15) is 0 Å². The first-order valence-electron chi connectivity index (χ1n) is 7.18. The molecule has 1 aliphatic rings. The molecular weight excluding hydrogens is 316 g/mol. The summed E-state index contributed by atoms with van der Waals surface area (Å²) in [5, 5.41) is 17.3. The maximum atomic E-state index is 12.2. The van der Waals surface area contributed by atoms with Gasteiger partial charge >= 0.3 is 0 Å². The van der Waals surface area contributed by atoms with E-state index in [1.807, 2.05) is 0 Å². The smallest absolute Gasteiger partial charge is 0.253 e. The Bertz CT molecular complexity index is 728. The van der Waals surface area contributed by atoms with E-state index in [2.05, 4.69) is 26.2 Å². The number of hydrogen-bond acceptors (Lipinski definition) is 6. The molecule has 0 radical (unpaired) electrons. The maximum Gasteiger partial charge on any atom is 0.253 e. The van der Waals surface area contributed by atoms with Crippen LogP contribution in [-0.4, -0.2) is 43.8 Å². The van der Waals surface area contributed by atoms with E-state index in [0.717, 1.165) is 12.8 Å². The number of tetrazole rings is 1. The van der Waals surface area contributed by atoms with E-state index in [-0.39, 0.29) is 23.6 Å². The highest BCUT2D eigenvalue weighted by molar-refractivity contribution is 7.99. The number of para-hydroxylation sites is 1. The number of nitrogens with one attached hydrogen (secondary N) is 2. The van der Waals surface area contributed by atoms with E-state index in [9.17, 15) is 9.59 Å². The SMILES string of the molecule is Cn1nnnc1SCC(=O)Nc1ccccc1C(=O)NC1CC1. The van der Waals surface area contributed by atoms with Crippen molar-refractivity contribution >= 4 is 29.3 Å². The summed E-state index contributed by atoms with van der Waals surface area (Å²) in [6, 6.07) is 7.24. The van der Waals surface area contributed by atoms with E-state index in [1.165, 1.54) is 16.4 Å². The average molecular weight is 332 g/mol. The van der Waals surface area contributed by atoms with Crippen LogP contribution < -0.4 is 10.6 Å². The van der Waals surface area contributed by atoms with Crippen LogP contribution in [0.15, 0.2) is 29.4 Å². The molecule has 0 bridgehead atoms. The third-order valence-electron chi connectivity index (χ3n) is 3.27. The number of nitrogens with zero attached hydrogens (tertiary/aromatic N) is 4. The summed E-state index contributed by atoms with van der Waals surface area (Å²) < 4.78 is 1.50. The summed E-state index contributed by atoms with van der Waals surface area (Å²) in [6.45, 7) is 0. The number of benzene rings is 1. The molecule has 2 amide bonds. The van der Waals surface area contributed by atoms with E-state index >= 15 is 0 Å². The monoisotopic (exact) mass is 332 g/mol. The first-order chi connectivity index (χ1) is 11.1. The normalized spacial score (nSPS) is 13.6. The van der Waals surface area contributed by atoms with Crippen LogP contribution in [-0.2, 0) is 11.8 Å². The van der Waals surface area contributed by atoms with Crippen molar-refractivity contribution in [1.82, 2.24) is 25.5 Å². The molecule has 120 valence electrons. The Morgan fingerprint density at radius 1 is 1.35 bits per heavy atom. The Labute approximate surface area is 137 Å². The van der Waals surface area contributed by atoms with Gasteiger partial charge in [0, 0.05) is 13.1 Å². The van der Waals surface area contributed by atoms with Gasteiger partial charge in [-0.15, -0.1) is 5.10 Å². The molecule has 0 aliphatic heterocycles. The third kappa shape index (κ3) is 4.07. The van der Waals surface area contributed by atoms with Crippen LogP contribution in [0.2, 0.25) is 0 Å². The van der Waals surface area contributed by atoms with Crippen molar-refractivity contribution in [2.24, 2.45) is 7.05 Å². The van der Waals surface area contributed by atoms with Crippen molar-refractivity contribution in [3.63, 3.8) is 0 Å². The van der Waals surface area contributed by atoms with Gasteiger partial charge < -0.3 is 10.6 Å². The Morgan fingerprint density at radius 2 is 2.13 bits per heavy atom. The van der Waals surface area contributed by atoms with Crippen molar-refractivity contribution in [3.8, 4) is 0 Å². The molecule has 0 saturated heterocycles. The molecule has 23 heavy (non-hydrogen) atoms. The Kier molecular flexibility index (Phi) is 4.56. The van der Waals surface area contributed by atoms with Gasteiger partial charge in [-0.25, -0.2) is 4.68 Å². The molecule has 0 atom stereocenters. The molecule has 2 N–H and O–H groups in total. The van der Waals surface area contributed by atoms with Crippen molar-refractivity contribution in [1.29, 1.82) is 0 Å². The Morgan fingerprint density at radius 3 is 2.83 bits per heavy atom. The molecule has 1 saturated carbocycles. The summed E-state index contributed by atoms with van der Waals surface area (Å²) in [5.41, 5.74) is 0.977. The van der Waals surface area contributed by atoms with Crippen LogP contribution in [0, 0.1) is 0 Å². The molecule has 1 heterocycles. The lowest BCUT2D eigenvalue weighted by Crippen LogP contribution is -2.27. The summed E-state index contributed by atoms with van der Waals surface area (Å²) in [5.74, 6) is -0.217. The van der Waals surface area contributed by atoms with Gasteiger partial charge in [0.15, 0.2) is 0 Å². The average Bonchev–Trinajstić information content (AvgIpc) is 3.25. The zero-order chi connectivity index (χ0) is 16.2. The minimum atomic E-state index is -0.218. The second-order valence-electron chi connectivity index (χ2n) is 5.22. The molecule has 1 fully saturated rings. The topological polar surface area (TPSA) is 102 Å². The minimum Gasteiger partial charge on any atom is -0.349 e. The fourth-order valence-electron chi connectivity index (χ4n) is 1.94. The van der Waals surface area contributed by atoms with Crippen LogP contribution in [0.4, 0.5) is 5.69 Å². The standard InChI is InChI=1S/C14H16N6O2S/c1-20-14(17-18-19-20)23-8-12(21)16-11-5-3-2-4-10(11)13(22)15-9-6-7-9/h2-5,9H,6-8H2,1H3,(H,15,22)(H,16,21). The highest BCUT2D eigenvalue weighted by atomic mass is 32.2. The van der Waals surface area contributed by atoms with Gasteiger partial charge in [0.2, 0.25) is 11.1 Å². The molecule has 0 spiro atoms. The zero-order valence-corrected chi connectivity index (χ0v) is 13.3. The van der Waals surface area contributed by atoms with Crippen LogP contribution in [0.3, 0.4) is 0 Å². The fourth-order valence-corrected chi connectivity index (χ4v) is 2.59. The Hall–Kier alpha value is -2.42. The number of hydrogen-bond donors (Lipinski definition) is 2. The van der Waals surface area contributed by atoms with E-state index in [1.54, 1.807) is 31.3 Å². The summed E-state index contributed by atoms with van der Waals surface area (Å²) in [4.78, 5) is 24.3. The minimum absolute atomic E-state index is 0.159. The first-order valence-corrected chi connectivity index (χ1v) is 8.17. The zero-order valence-electron chi connectivity index (χ0n) is 12.5.